The van der Waals surface area contributed by atoms with Crippen molar-refractivity contribution in [1.29, 1.82) is 0 Å². The van der Waals surface area contributed by atoms with Crippen molar-refractivity contribution in [3.05, 3.63) is 59.9 Å². The Bertz CT molecular complexity index is 988. The van der Waals surface area contributed by atoms with Crippen molar-refractivity contribution in [2.75, 3.05) is 24.6 Å². The lowest BCUT2D eigenvalue weighted by Gasteiger charge is -2.25. The molecule has 1 aromatic carbocycles. The molecule has 0 spiro atoms. The Hall–Kier alpha value is -3.32. The zero-order valence-corrected chi connectivity index (χ0v) is 16.1. The number of piperidine rings is 1. The molecule has 1 aliphatic rings. The number of anilines is 2. The van der Waals surface area contributed by atoms with Crippen LogP contribution in [0.2, 0.25) is 0 Å². The zero-order chi connectivity index (χ0) is 20.2. The lowest BCUT2D eigenvalue weighted by atomic mass is 9.89. The highest BCUT2D eigenvalue weighted by molar-refractivity contribution is 5.78. The van der Waals surface area contributed by atoms with Crippen molar-refractivity contribution in [2.24, 2.45) is 0 Å². The van der Waals surface area contributed by atoms with E-state index in [0.717, 1.165) is 37.2 Å². The van der Waals surface area contributed by atoms with Crippen molar-refractivity contribution in [3.8, 4) is 22.8 Å². The number of phenols is 1. The van der Waals surface area contributed by atoms with Gasteiger partial charge in [0.05, 0.1) is 22.6 Å². The molecular weight excluding hydrogens is 366 g/mol. The Labute approximate surface area is 169 Å². The van der Waals surface area contributed by atoms with Crippen LogP contribution in [0.4, 0.5) is 11.5 Å². The van der Waals surface area contributed by atoms with Gasteiger partial charge in [0.25, 0.3) is 0 Å². The Morgan fingerprint density at radius 1 is 1.17 bits per heavy atom. The molecule has 1 fully saturated rings. The minimum absolute atomic E-state index is 0.0768. The summed E-state index contributed by atoms with van der Waals surface area (Å²) in [6.45, 7) is 2.13. The SMILES string of the molecule is Nc1nc(-c2c(O)cccc2OCc2ccccn2)cc(C2CCCNC2)c1N. The summed E-state index contributed by atoms with van der Waals surface area (Å²) < 4.78 is 5.97. The third-order valence-electron chi connectivity index (χ3n) is 5.22. The smallest absolute Gasteiger partial charge is 0.147 e. The van der Waals surface area contributed by atoms with E-state index in [1.54, 1.807) is 24.4 Å². The first-order valence-electron chi connectivity index (χ1n) is 9.75. The number of rotatable bonds is 5. The number of pyridine rings is 2. The molecule has 4 rings (SSSR count). The van der Waals surface area contributed by atoms with Gasteiger partial charge >= 0.3 is 0 Å². The standard InChI is InChI=1S/C22H25N5O2/c23-21-16(14-5-4-9-25-12-14)11-17(27-22(21)24)20-18(28)7-3-8-19(20)29-13-15-6-1-2-10-26-15/h1-3,6-8,10-11,14,25,28H,4-5,9,12-13,23H2,(H2,24,27). The molecule has 2 aromatic heterocycles. The second kappa shape index (κ2) is 8.36. The van der Waals surface area contributed by atoms with Crippen LogP contribution < -0.4 is 21.5 Å². The van der Waals surface area contributed by atoms with Crippen LogP contribution in [0.25, 0.3) is 11.3 Å². The molecule has 0 amide bonds. The third kappa shape index (κ3) is 4.09. The molecule has 1 aliphatic heterocycles. The topological polar surface area (TPSA) is 119 Å². The molecule has 29 heavy (non-hydrogen) atoms. The lowest BCUT2D eigenvalue weighted by Crippen LogP contribution is -2.29. The number of benzene rings is 1. The first kappa shape index (κ1) is 19.0. The van der Waals surface area contributed by atoms with Crippen LogP contribution in [0.3, 0.4) is 0 Å². The molecule has 1 atom stereocenters. The first-order chi connectivity index (χ1) is 14.1. The van der Waals surface area contributed by atoms with Gasteiger partial charge in [0.1, 0.15) is 23.9 Å². The van der Waals surface area contributed by atoms with E-state index in [4.69, 9.17) is 16.2 Å². The second-order valence-corrected chi connectivity index (χ2v) is 7.20. The number of hydrogen-bond donors (Lipinski definition) is 4. The molecule has 0 radical (unpaired) electrons. The van der Waals surface area contributed by atoms with Crippen LogP contribution in [0, 0.1) is 0 Å². The number of nitrogen functional groups attached to an aromatic ring is 2. The van der Waals surface area contributed by atoms with E-state index in [-0.39, 0.29) is 24.1 Å². The van der Waals surface area contributed by atoms with Gasteiger partial charge in [-0.3, -0.25) is 4.98 Å². The first-order valence-corrected chi connectivity index (χ1v) is 9.75. The zero-order valence-electron chi connectivity index (χ0n) is 16.1. The molecule has 6 N–H and O–H groups in total. The van der Waals surface area contributed by atoms with E-state index in [1.165, 1.54) is 0 Å². The van der Waals surface area contributed by atoms with Gasteiger partial charge in [0, 0.05) is 12.7 Å². The molecule has 3 aromatic rings. The number of phenolic OH excluding ortho intramolecular Hbond substituents is 1. The molecule has 1 saturated heterocycles. The summed E-state index contributed by atoms with van der Waals surface area (Å²) in [5.74, 6) is 1.12. The number of aromatic nitrogens is 2. The van der Waals surface area contributed by atoms with Gasteiger partial charge in [-0.1, -0.05) is 12.1 Å². The van der Waals surface area contributed by atoms with Crippen LogP contribution in [0.1, 0.15) is 30.0 Å². The highest BCUT2D eigenvalue weighted by Gasteiger charge is 2.22. The minimum Gasteiger partial charge on any atom is -0.507 e. The monoisotopic (exact) mass is 391 g/mol. The summed E-state index contributed by atoms with van der Waals surface area (Å²) in [6.07, 6.45) is 3.83. The Kier molecular flexibility index (Phi) is 5.48. The maximum atomic E-state index is 10.6. The van der Waals surface area contributed by atoms with Crippen molar-refractivity contribution in [2.45, 2.75) is 25.4 Å². The van der Waals surface area contributed by atoms with E-state index in [2.05, 4.69) is 15.3 Å². The average molecular weight is 391 g/mol. The molecule has 0 aliphatic carbocycles. The summed E-state index contributed by atoms with van der Waals surface area (Å²) in [4.78, 5) is 8.72. The molecule has 7 nitrogen and oxygen atoms in total. The Balaban J connectivity index is 1.71. The summed E-state index contributed by atoms with van der Waals surface area (Å²) in [5, 5.41) is 14.0. The average Bonchev–Trinajstić information content (AvgIpc) is 2.75. The number of aromatic hydroxyl groups is 1. The van der Waals surface area contributed by atoms with Crippen LogP contribution >= 0.6 is 0 Å². The van der Waals surface area contributed by atoms with Gasteiger partial charge in [-0.15, -0.1) is 0 Å². The molecule has 7 heteroatoms. The Morgan fingerprint density at radius 3 is 2.83 bits per heavy atom. The largest absolute Gasteiger partial charge is 0.507 e. The molecule has 0 saturated carbocycles. The van der Waals surface area contributed by atoms with E-state index in [0.29, 0.717) is 22.7 Å². The third-order valence-corrected chi connectivity index (χ3v) is 5.22. The fraction of sp³-hybridized carbons (Fsp3) is 0.273. The highest BCUT2D eigenvalue weighted by Crippen LogP contribution is 2.41. The van der Waals surface area contributed by atoms with Gasteiger partial charge in [-0.25, -0.2) is 4.98 Å². The van der Waals surface area contributed by atoms with Gasteiger partial charge in [-0.05, 0) is 61.2 Å². The van der Waals surface area contributed by atoms with Crippen molar-refractivity contribution >= 4 is 11.5 Å². The summed E-state index contributed by atoms with van der Waals surface area (Å²) in [6, 6.07) is 12.7. The molecular formula is C22H25N5O2. The van der Waals surface area contributed by atoms with E-state index < -0.39 is 0 Å². The van der Waals surface area contributed by atoms with Crippen LogP contribution in [-0.2, 0) is 6.61 Å². The number of nitrogens with zero attached hydrogens (tertiary/aromatic N) is 2. The molecule has 1 unspecified atom stereocenters. The number of nitrogens with two attached hydrogens (primary N) is 2. The predicted molar refractivity (Wildman–Crippen MR) is 114 cm³/mol. The van der Waals surface area contributed by atoms with Crippen LogP contribution in [0.15, 0.2) is 48.7 Å². The molecule has 150 valence electrons. The van der Waals surface area contributed by atoms with Gasteiger partial charge < -0.3 is 26.6 Å². The fourth-order valence-corrected chi connectivity index (χ4v) is 3.71. The lowest BCUT2D eigenvalue weighted by molar-refractivity contribution is 0.301. The van der Waals surface area contributed by atoms with Gasteiger partial charge in [-0.2, -0.15) is 0 Å². The van der Waals surface area contributed by atoms with Crippen LogP contribution in [-0.4, -0.2) is 28.2 Å². The molecule has 0 bridgehead atoms. The summed E-state index contributed by atoms with van der Waals surface area (Å²) >= 11 is 0. The van der Waals surface area contributed by atoms with Crippen molar-refractivity contribution in [3.63, 3.8) is 0 Å². The quantitative estimate of drug-likeness (QED) is 0.528. The van der Waals surface area contributed by atoms with E-state index >= 15 is 0 Å². The summed E-state index contributed by atoms with van der Waals surface area (Å²) in [5.41, 5.74) is 15.7. The fourth-order valence-electron chi connectivity index (χ4n) is 3.71. The highest BCUT2D eigenvalue weighted by atomic mass is 16.5. The van der Waals surface area contributed by atoms with E-state index in [1.807, 2.05) is 24.3 Å². The Morgan fingerprint density at radius 2 is 2.07 bits per heavy atom. The second-order valence-electron chi connectivity index (χ2n) is 7.20. The maximum absolute atomic E-state index is 10.6. The number of nitrogens with one attached hydrogen (secondary N) is 1. The van der Waals surface area contributed by atoms with Gasteiger partial charge in [0.15, 0.2) is 0 Å². The maximum Gasteiger partial charge on any atom is 0.147 e. The van der Waals surface area contributed by atoms with Crippen LogP contribution in [0.5, 0.6) is 11.5 Å². The normalized spacial score (nSPS) is 16.5. The summed E-state index contributed by atoms with van der Waals surface area (Å²) in [7, 11) is 0. The predicted octanol–water partition coefficient (Wildman–Crippen LogP) is 3.06. The number of ether oxygens (including phenoxy) is 1. The molecule has 3 heterocycles. The minimum atomic E-state index is 0.0768. The van der Waals surface area contributed by atoms with Crippen molar-refractivity contribution in [1.82, 2.24) is 15.3 Å². The van der Waals surface area contributed by atoms with Gasteiger partial charge in [0.2, 0.25) is 0 Å². The number of hydrogen-bond acceptors (Lipinski definition) is 7. The van der Waals surface area contributed by atoms with E-state index in [9.17, 15) is 5.11 Å². The van der Waals surface area contributed by atoms with Crippen molar-refractivity contribution < 1.29 is 9.84 Å².